The molecule has 0 unspecified atom stereocenters. The van der Waals surface area contributed by atoms with Gasteiger partial charge in [-0.15, -0.1) is 0 Å². The van der Waals surface area contributed by atoms with Crippen molar-refractivity contribution in [2.45, 2.75) is 38.5 Å². The van der Waals surface area contributed by atoms with Gasteiger partial charge >= 0.3 is 0 Å². The Morgan fingerprint density at radius 3 is 2.60 bits per heavy atom. The van der Waals surface area contributed by atoms with Crippen LogP contribution in [0.4, 0.5) is 0 Å². The molecule has 4 rings (SSSR count). The predicted molar refractivity (Wildman–Crippen MR) is 118 cm³/mol. The van der Waals surface area contributed by atoms with Crippen LogP contribution in [0.2, 0.25) is 0 Å². The van der Waals surface area contributed by atoms with E-state index in [4.69, 9.17) is 4.74 Å². The third kappa shape index (κ3) is 4.69. The summed E-state index contributed by atoms with van der Waals surface area (Å²) in [5, 5.41) is 4.15. The van der Waals surface area contributed by atoms with Gasteiger partial charge in [-0.3, -0.25) is 9.48 Å². The molecule has 2 aromatic rings. The molecule has 1 amide bonds. The highest BCUT2D eigenvalue weighted by molar-refractivity contribution is 5.92. The molecular formula is C24H34N4O2. The largest absolute Gasteiger partial charge is 0.492 e. The average Bonchev–Trinajstić information content (AvgIpc) is 3.17. The Balaban J connectivity index is 1.41. The number of aryl methyl sites for hydroxylation is 2. The van der Waals surface area contributed by atoms with Crippen LogP contribution in [0.5, 0.6) is 5.75 Å². The molecule has 2 aliphatic rings. The molecule has 0 bridgehead atoms. The zero-order chi connectivity index (χ0) is 21.0. The number of fused-ring (bicyclic) bond motifs is 1. The van der Waals surface area contributed by atoms with Gasteiger partial charge in [-0.1, -0.05) is 24.6 Å². The topological polar surface area (TPSA) is 50.6 Å². The minimum absolute atomic E-state index is 0.108. The second-order valence-electron chi connectivity index (χ2n) is 9.03. The van der Waals surface area contributed by atoms with Gasteiger partial charge in [-0.05, 0) is 62.3 Å². The Labute approximate surface area is 179 Å². The number of aromatic nitrogens is 2. The fourth-order valence-electron chi connectivity index (χ4n) is 5.05. The van der Waals surface area contributed by atoms with E-state index in [1.165, 1.54) is 24.8 Å². The second-order valence-corrected chi connectivity index (χ2v) is 9.03. The van der Waals surface area contributed by atoms with E-state index in [2.05, 4.69) is 41.3 Å². The molecule has 3 heterocycles. The number of piperidine rings is 1. The molecule has 30 heavy (non-hydrogen) atoms. The molecule has 0 N–H and O–H groups in total. The van der Waals surface area contributed by atoms with Crippen LogP contribution >= 0.6 is 0 Å². The van der Waals surface area contributed by atoms with E-state index < -0.39 is 0 Å². The Hall–Kier alpha value is -2.34. The molecule has 0 aliphatic carbocycles. The molecule has 6 heteroatoms. The Kier molecular flexibility index (Phi) is 6.42. The van der Waals surface area contributed by atoms with E-state index in [1.54, 1.807) is 10.9 Å². The number of nitrogens with zero attached hydrogens (tertiary/aromatic N) is 4. The number of ether oxygens (including phenoxy) is 1. The van der Waals surface area contributed by atoms with E-state index in [0.29, 0.717) is 12.3 Å². The first-order valence-corrected chi connectivity index (χ1v) is 11.2. The molecule has 1 saturated heterocycles. The van der Waals surface area contributed by atoms with E-state index in [9.17, 15) is 4.79 Å². The fourth-order valence-corrected chi connectivity index (χ4v) is 5.05. The summed E-state index contributed by atoms with van der Waals surface area (Å²) in [6.07, 6.45) is 8.54. The standard InChI is InChI=1S/C24H34N4O2/c1-26-17-18-30-22-9-4-3-7-20(22)8-5-6-11-24(19-26)12-15-28(16-13-24)23(29)21-10-14-25-27(21)2/h3-4,7,9-10,14H,5-6,8,11-13,15-19H2,1-2H3. The smallest absolute Gasteiger partial charge is 0.272 e. The number of hydrogen-bond acceptors (Lipinski definition) is 4. The maximum Gasteiger partial charge on any atom is 0.272 e. The van der Waals surface area contributed by atoms with Crippen LogP contribution in [-0.2, 0) is 13.5 Å². The van der Waals surface area contributed by atoms with E-state index in [0.717, 1.165) is 51.2 Å². The van der Waals surface area contributed by atoms with Gasteiger partial charge in [-0.2, -0.15) is 5.10 Å². The summed E-state index contributed by atoms with van der Waals surface area (Å²) in [7, 11) is 4.04. The summed E-state index contributed by atoms with van der Waals surface area (Å²) < 4.78 is 7.78. The molecular weight excluding hydrogens is 376 g/mol. The van der Waals surface area contributed by atoms with Crippen molar-refractivity contribution in [3.8, 4) is 5.75 Å². The minimum atomic E-state index is 0.108. The number of carbonyl (C=O) groups is 1. The summed E-state index contributed by atoms with van der Waals surface area (Å²) in [5.41, 5.74) is 2.29. The van der Waals surface area contributed by atoms with Gasteiger partial charge in [0.2, 0.25) is 0 Å². The van der Waals surface area contributed by atoms with Gasteiger partial charge in [0, 0.05) is 39.4 Å². The number of rotatable bonds is 1. The number of likely N-dealkylation sites (tertiary alicyclic amines) is 1. The lowest BCUT2D eigenvalue weighted by Gasteiger charge is -2.44. The molecule has 1 aromatic heterocycles. The molecule has 0 radical (unpaired) electrons. The van der Waals surface area contributed by atoms with Crippen molar-refractivity contribution in [3.63, 3.8) is 0 Å². The first kappa shape index (κ1) is 20.9. The van der Waals surface area contributed by atoms with Crippen LogP contribution in [0.3, 0.4) is 0 Å². The lowest BCUT2D eigenvalue weighted by atomic mass is 9.73. The average molecular weight is 411 g/mol. The summed E-state index contributed by atoms with van der Waals surface area (Å²) in [6, 6.07) is 10.3. The SMILES string of the molecule is CN1CCOc2ccccc2CCCCC2(CCN(C(=O)c3ccnn3C)CC2)C1. The lowest BCUT2D eigenvalue weighted by Crippen LogP contribution is -2.48. The summed E-state index contributed by atoms with van der Waals surface area (Å²) in [6.45, 7) is 4.38. The predicted octanol–water partition coefficient (Wildman–Crippen LogP) is 3.38. The summed E-state index contributed by atoms with van der Waals surface area (Å²) in [5.74, 6) is 1.15. The van der Waals surface area contributed by atoms with E-state index in [1.807, 2.05) is 18.0 Å². The van der Waals surface area contributed by atoms with Crippen LogP contribution in [0.1, 0.15) is 48.2 Å². The third-order valence-corrected chi connectivity index (χ3v) is 6.86. The van der Waals surface area contributed by atoms with Crippen LogP contribution in [0, 0.1) is 5.41 Å². The Morgan fingerprint density at radius 2 is 1.83 bits per heavy atom. The number of likely N-dealkylation sites (N-methyl/N-ethyl adjacent to an activating group) is 1. The van der Waals surface area contributed by atoms with Crippen molar-refractivity contribution >= 4 is 5.91 Å². The molecule has 2 aliphatic heterocycles. The molecule has 1 aromatic carbocycles. The zero-order valence-corrected chi connectivity index (χ0v) is 18.3. The van der Waals surface area contributed by atoms with Crippen molar-refractivity contribution in [1.82, 2.24) is 19.6 Å². The number of benzene rings is 1. The van der Waals surface area contributed by atoms with Gasteiger partial charge < -0.3 is 14.5 Å². The minimum Gasteiger partial charge on any atom is -0.492 e. The highest BCUT2D eigenvalue weighted by atomic mass is 16.5. The van der Waals surface area contributed by atoms with Gasteiger partial charge in [0.25, 0.3) is 5.91 Å². The van der Waals surface area contributed by atoms with Crippen molar-refractivity contribution < 1.29 is 9.53 Å². The summed E-state index contributed by atoms with van der Waals surface area (Å²) >= 11 is 0. The first-order valence-electron chi connectivity index (χ1n) is 11.2. The van der Waals surface area contributed by atoms with Crippen LogP contribution in [0.25, 0.3) is 0 Å². The molecule has 162 valence electrons. The Morgan fingerprint density at radius 1 is 1.03 bits per heavy atom. The highest BCUT2D eigenvalue weighted by Gasteiger charge is 2.37. The highest BCUT2D eigenvalue weighted by Crippen LogP contribution is 2.38. The second kappa shape index (κ2) is 9.21. The quantitative estimate of drug-likeness (QED) is 0.723. The van der Waals surface area contributed by atoms with E-state index >= 15 is 0 Å². The van der Waals surface area contributed by atoms with Gasteiger partial charge in [0.1, 0.15) is 18.1 Å². The Bertz CT molecular complexity index is 854. The van der Waals surface area contributed by atoms with Crippen LogP contribution < -0.4 is 4.74 Å². The maximum atomic E-state index is 12.9. The van der Waals surface area contributed by atoms with Crippen molar-refractivity contribution in [3.05, 3.63) is 47.8 Å². The molecule has 0 saturated carbocycles. The van der Waals surface area contributed by atoms with Crippen molar-refractivity contribution in [2.75, 3.05) is 39.8 Å². The van der Waals surface area contributed by atoms with Crippen molar-refractivity contribution in [1.29, 1.82) is 0 Å². The molecule has 1 fully saturated rings. The molecule has 6 nitrogen and oxygen atoms in total. The van der Waals surface area contributed by atoms with Gasteiger partial charge in [-0.25, -0.2) is 0 Å². The van der Waals surface area contributed by atoms with Crippen LogP contribution in [0.15, 0.2) is 36.5 Å². The fraction of sp³-hybridized carbons (Fsp3) is 0.583. The molecule has 0 atom stereocenters. The third-order valence-electron chi connectivity index (χ3n) is 6.86. The molecule has 1 spiro atoms. The maximum absolute atomic E-state index is 12.9. The number of hydrogen-bond donors (Lipinski definition) is 0. The van der Waals surface area contributed by atoms with Gasteiger partial charge in [0.15, 0.2) is 0 Å². The number of amides is 1. The van der Waals surface area contributed by atoms with Crippen molar-refractivity contribution in [2.24, 2.45) is 12.5 Å². The van der Waals surface area contributed by atoms with Gasteiger partial charge in [0.05, 0.1) is 0 Å². The summed E-state index contributed by atoms with van der Waals surface area (Å²) in [4.78, 5) is 17.3. The lowest BCUT2D eigenvalue weighted by molar-refractivity contribution is 0.0417. The van der Waals surface area contributed by atoms with E-state index in [-0.39, 0.29) is 11.3 Å². The number of para-hydroxylation sites is 1. The van der Waals surface area contributed by atoms with Crippen LogP contribution in [-0.4, -0.2) is 65.3 Å². The normalized spacial score (nSPS) is 20.7. The number of carbonyl (C=O) groups excluding carboxylic acids is 1. The zero-order valence-electron chi connectivity index (χ0n) is 18.3. The first-order chi connectivity index (χ1) is 14.6. The monoisotopic (exact) mass is 410 g/mol.